The number of aliphatic hydroxyl groups excluding tert-OH is 2. The molecule has 1 aromatic carbocycles. The Hall–Kier alpha value is -1.04. The minimum atomic E-state index is -1.04. The largest absolute Gasteiger partial charge is 0.396 e. The van der Waals surface area contributed by atoms with Gasteiger partial charge in [-0.05, 0) is 12.1 Å². The highest BCUT2D eigenvalue weighted by Gasteiger charge is 2.28. The van der Waals surface area contributed by atoms with Crippen LogP contribution in [-0.2, 0) is 4.79 Å². The Labute approximate surface area is 91.3 Å². The zero-order chi connectivity index (χ0) is 10.8. The van der Waals surface area contributed by atoms with Crippen LogP contribution >= 0.6 is 11.8 Å². The zero-order valence-electron chi connectivity index (χ0n) is 7.93. The Morgan fingerprint density at radius 2 is 2.27 bits per heavy atom. The minimum Gasteiger partial charge on any atom is -0.396 e. The van der Waals surface area contributed by atoms with E-state index in [-0.39, 0.29) is 12.5 Å². The predicted molar refractivity (Wildman–Crippen MR) is 57.8 cm³/mol. The lowest BCUT2D eigenvalue weighted by atomic mass is 10.1. The highest BCUT2D eigenvalue weighted by atomic mass is 32.2. The molecule has 4 nitrogen and oxygen atoms in total. The molecule has 0 saturated carbocycles. The third-order valence-corrected chi connectivity index (χ3v) is 3.16. The van der Waals surface area contributed by atoms with Gasteiger partial charge in [-0.3, -0.25) is 4.79 Å². The second-order valence-electron chi connectivity index (χ2n) is 3.21. The van der Waals surface area contributed by atoms with E-state index in [9.17, 15) is 9.90 Å². The number of thioether (sulfide) groups is 1. The van der Waals surface area contributed by atoms with E-state index in [4.69, 9.17) is 5.11 Å². The fourth-order valence-electron chi connectivity index (χ4n) is 1.48. The first-order valence-electron chi connectivity index (χ1n) is 4.59. The van der Waals surface area contributed by atoms with Gasteiger partial charge in [-0.1, -0.05) is 6.07 Å². The van der Waals surface area contributed by atoms with Gasteiger partial charge < -0.3 is 15.5 Å². The van der Waals surface area contributed by atoms with Gasteiger partial charge in [0.25, 0.3) is 5.91 Å². The minimum absolute atomic E-state index is 0.122. The molecule has 1 aliphatic rings. The van der Waals surface area contributed by atoms with E-state index in [1.807, 2.05) is 12.1 Å². The SMILES string of the molecule is O=C1Nc2cc(SCCO)ccc2C1O. The van der Waals surface area contributed by atoms with E-state index in [2.05, 4.69) is 5.32 Å². The second kappa shape index (κ2) is 4.22. The number of hydrogen-bond acceptors (Lipinski definition) is 4. The van der Waals surface area contributed by atoms with Crippen molar-refractivity contribution >= 4 is 23.4 Å². The number of anilines is 1. The molecule has 1 aliphatic heterocycles. The second-order valence-corrected chi connectivity index (χ2v) is 4.38. The van der Waals surface area contributed by atoms with Gasteiger partial charge in [0, 0.05) is 21.9 Å². The van der Waals surface area contributed by atoms with Crippen molar-refractivity contribution in [1.29, 1.82) is 0 Å². The van der Waals surface area contributed by atoms with Crippen LogP contribution in [0.25, 0.3) is 0 Å². The summed E-state index contributed by atoms with van der Waals surface area (Å²) in [7, 11) is 0. The summed E-state index contributed by atoms with van der Waals surface area (Å²) in [6, 6.07) is 5.38. The number of nitrogens with one attached hydrogen (secondary N) is 1. The molecular formula is C10H11NO3S. The summed E-state index contributed by atoms with van der Waals surface area (Å²) < 4.78 is 0. The average Bonchev–Trinajstić information content (AvgIpc) is 2.52. The number of benzene rings is 1. The quantitative estimate of drug-likeness (QED) is 0.664. The molecule has 1 aromatic rings. The Morgan fingerprint density at radius 3 is 3.00 bits per heavy atom. The van der Waals surface area contributed by atoms with Crippen molar-refractivity contribution in [3.8, 4) is 0 Å². The number of amides is 1. The van der Waals surface area contributed by atoms with Crippen molar-refractivity contribution in [1.82, 2.24) is 0 Å². The van der Waals surface area contributed by atoms with Gasteiger partial charge in [-0.2, -0.15) is 0 Å². The monoisotopic (exact) mass is 225 g/mol. The van der Waals surface area contributed by atoms with E-state index >= 15 is 0 Å². The van der Waals surface area contributed by atoms with Crippen molar-refractivity contribution in [2.75, 3.05) is 17.7 Å². The van der Waals surface area contributed by atoms with Crippen LogP contribution < -0.4 is 5.32 Å². The van der Waals surface area contributed by atoms with Crippen molar-refractivity contribution < 1.29 is 15.0 Å². The van der Waals surface area contributed by atoms with E-state index in [0.29, 0.717) is 17.0 Å². The third kappa shape index (κ3) is 1.99. The highest BCUT2D eigenvalue weighted by Crippen LogP contribution is 2.33. The normalized spacial score (nSPS) is 18.8. The van der Waals surface area contributed by atoms with Crippen LogP contribution in [0.15, 0.2) is 23.1 Å². The molecular weight excluding hydrogens is 214 g/mol. The summed E-state index contributed by atoms with van der Waals surface area (Å²) in [5, 5.41) is 20.7. The van der Waals surface area contributed by atoms with E-state index < -0.39 is 6.10 Å². The van der Waals surface area contributed by atoms with Crippen molar-refractivity contribution in [3.63, 3.8) is 0 Å². The molecule has 80 valence electrons. The van der Waals surface area contributed by atoms with Crippen LogP contribution in [0.5, 0.6) is 0 Å². The number of fused-ring (bicyclic) bond motifs is 1. The van der Waals surface area contributed by atoms with Crippen molar-refractivity contribution in [2.24, 2.45) is 0 Å². The summed E-state index contributed by atoms with van der Waals surface area (Å²) in [6.07, 6.45) is -1.04. The predicted octanol–water partition coefficient (Wildman–Crippen LogP) is 0.756. The van der Waals surface area contributed by atoms with E-state index in [1.165, 1.54) is 11.8 Å². The molecule has 2 rings (SSSR count). The summed E-state index contributed by atoms with van der Waals surface area (Å²) in [5.41, 5.74) is 1.28. The van der Waals surface area contributed by atoms with Crippen LogP contribution in [0.1, 0.15) is 11.7 Å². The third-order valence-electron chi connectivity index (χ3n) is 2.19. The molecule has 15 heavy (non-hydrogen) atoms. The zero-order valence-corrected chi connectivity index (χ0v) is 8.75. The summed E-state index contributed by atoms with van der Waals surface area (Å²) in [4.78, 5) is 12.1. The summed E-state index contributed by atoms with van der Waals surface area (Å²) in [6.45, 7) is 0.122. The van der Waals surface area contributed by atoms with Gasteiger partial charge in [0.1, 0.15) is 0 Å². The standard InChI is InChI=1S/C10H11NO3S/c12-3-4-15-6-1-2-7-8(5-6)11-10(14)9(7)13/h1-2,5,9,12-13H,3-4H2,(H,11,14). The molecule has 0 spiro atoms. The number of carbonyl (C=O) groups excluding carboxylic acids is 1. The molecule has 5 heteroatoms. The summed E-state index contributed by atoms with van der Waals surface area (Å²) in [5.74, 6) is 0.240. The average molecular weight is 225 g/mol. The van der Waals surface area contributed by atoms with Gasteiger partial charge in [-0.25, -0.2) is 0 Å². The van der Waals surface area contributed by atoms with Gasteiger partial charge in [-0.15, -0.1) is 11.8 Å². The first-order valence-corrected chi connectivity index (χ1v) is 5.57. The van der Waals surface area contributed by atoms with Crippen LogP contribution in [0.2, 0.25) is 0 Å². The van der Waals surface area contributed by atoms with Crippen molar-refractivity contribution in [3.05, 3.63) is 23.8 Å². The van der Waals surface area contributed by atoms with Crippen LogP contribution in [0.4, 0.5) is 5.69 Å². The lowest BCUT2D eigenvalue weighted by Crippen LogP contribution is -2.10. The maximum Gasteiger partial charge on any atom is 0.257 e. The summed E-state index contributed by atoms with van der Waals surface area (Å²) >= 11 is 1.51. The van der Waals surface area contributed by atoms with Gasteiger partial charge in [0.05, 0.1) is 6.61 Å². The van der Waals surface area contributed by atoms with Gasteiger partial charge in [0.2, 0.25) is 0 Å². The first kappa shape index (κ1) is 10.5. The number of aliphatic hydroxyl groups is 2. The van der Waals surface area contributed by atoms with Gasteiger partial charge in [0.15, 0.2) is 6.10 Å². The number of carbonyl (C=O) groups is 1. The van der Waals surface area contributed by atoms with Crippen molar-refractivity contribution in [2.45, 2.75) is 11.0 Å². The molecule has 1 unspecified atom stereocenters. The maximum atomic E-state index is 11.1. The van der Waals surface area contributed by atoms with E-state index in [0.717, 1.165) is 4.90 Å². The smallest absolute Gasteiger partial charge is 0.257 e. The lowest BCUT2D eigenvalue weighted by molar-refractivity contribution is -0.123. The van der Waals surface area contributed by atoms with Crippen LogP contribution in [-0.4, -0.2) is 28.5 Å². The fourth-order valence-corrected chi connectivity index (χ4v) is 2.17. The molecule has 0 fully saturated rings. The van der Waals surface area contributed by atoms with E-state index in [1.54, 1.807) is 6.07 Å². The molecule has 3 N–H and O–H groups in total. The Bertz CT molecular complexity index is 394. The van der Waals surface area contributed by atoms with Crippen LogP contribution in [0, 0.1) is 0 Å². The molecule has 0 saturated heterocycles. The maximum absolute atomic E-state index is 11.1. The molecule has 1 heterocycles. The Kier molecular flexibility index (Phi) is 2.95. The molecule has 0 bridgehead atoms. The molecule has 0 aliphatic carbocycles. The number of hydrogen-bond donors (Lipinski definition) is 3. The molecule has 0 radical (unpaired) electrons. The number of rotatable bonds is 3. The first-order chi connectivity index (χ1) is 7.22. The topological polar surface area (TPSA) is 69.6 Å². The lowest BCUT2D eigenvalue weighted by Gasteiger charge is -2.03. The van der Waals surface area contributed by atoms with Crippen LogP contribution in [0.3, 0.4) is 0 Å². The van der Waals surface area contributed by atoms with Gasteiger partial charge >= 0.3 is 0 Å². The molecule has 1 amide bonds. The Balaban J connectivity index is 2.22. The fraction of sp³-hybridized carbons (Fsp3) is 0.300. The Morgan fingerprint density at radius 1 is 1.47 bits per heavy atom. The highest BCUT2D eigenvalue weighted by molar-refractivity contribution is 7.99. The molecule has 0 aromatic heterocycles. The molecule has 1 atom stereocenters.